The van der Waals surface area contributed by atoms with E-state index in [4.69, 9.17) is 5.73 Å². The van der Waals surface area contributed by atoms with Crippen molar-refractivity contribution >= 4 is 16.9 Å². The third-order valence-electron chi connectivity index (χ3n) is 2.78. The molecular weight excluding hydrogens is 214 g/mol. The van der Waals surface area contributed by atoms with Crippen LogP contribution in [0.25, 0.3) is 16.9 Å². The molecule has 3 aromatic rings. The number of hydrogen-bond acceptors (Lipinski definition) is 4. The van der Waals surface area contributed by atoms with Crippen LogP contribution in [0.4, 0.5) is 5.82 Å². The van der Waals surface area contributed by atoms with Crippen molar-refractivity contribution in [1.29, 1.82) is 0 Å². The van der Waals surface area contributed by atoms with E-state index in [-0.39, 0.29) is 0 Å². The van der Waals surface area contributed by atoms with Crippen LogP contribution >= 0.6 is 0 Å². The lowest BCUT2D eigenvalue weighted by Crippen LogP contribution is -2.04. The maximum atomic E-state index is 5.79. The summed E-state index contributed by atoms with van der Waals surface area (Å²) < 4.78 is 1.92. The van der Waals surface area contributed by atoms with Crippen molar-refractivity contribution in [1.82, 2.24) is 19.5 Å². The van der Waals surface area contributed by atoms with E-state index in [0.29, 0.717) is 5.82 Å². The van der Waals surface area contributed by atoms with Crippen LogP contribution in [-0.2, 0) is 0 Å². The van der Waals surface area contributed by atoms with Gasteiger partial charge in [0.2, 0.25) is 0 Å². The first-order valence-electron chi connectivity index (χ1n) is 5.27. The highest BCUT2D eigenvalue weighted by molar-refractivity contribution is 5.77. The lowest BCUT2D eigenvalue weighted by Gasteiger charge is -2.07. The highest BCUT2D eigenvalue weighted by Crippen LogP contribution is 2.20. The quantitative estimate of drug-likeness (QED) is 0.684. The molecule has 84 valence electrons. The molecule has 0 spiro atoms. The highest BCUT2D eigenvalue weighted by atomic mass is 15.1. The molecule has 2 heterocycles. The summed E-state index contributed by atoms with van der Waals surface area (Å²) in [5, 5.41) is 0. The molecule has 0 saturated carbocycles. The molecule has 0 aliphatic rings. The van der Waals surface area contributed by atoms with Crippen LogP contribution in [0.3, 0.4) is 0 Å². The van der Waals surface area contributed by atoms with Crippen LogP contribution in [0.5, 0.6) is 0 Å². The molecule has 5 nitrogen and oxygen atoms in total. The first kappa shape index (κ1) is 9.77. The van der Waals surface area contributed by atoms with Crippen molar-refractivity contribution in [2.24, 2.45) is 0 Å². The van der Waals surface area contributed by atoms with E-state index in [1.54, 1.807) is 6.33 Å². The number of hydrogen-bond donors (Lipinski definition) is 1. The number of aromatic nitrogens is 4. The number of para-hydroxylation sites is 2. The summed E-state index contributed by atoms with van der Waals surface area (Å²) in [5.74, 6) is 1.26. The lowest BCUT2D eigenvalue weighted by atomic mass is 10.3. The molecule has 0 atom stereocenters. The molecule has 0 aliphatic heterocycles. The number of fused-ring (bicyclic) bond motifs is 1. The molecule has 0 bridgehead atoms. The normalized spacial score (nSPS) is 10.9. The predicted molar refractivity (Wildman–Crippen MR) is 65.8 cm³/mol. The zero-order chi connectivity index (χ0) is 11.8. The summed E-state index contributed by atoms with van der Waals surface area (Å²) in [5.41, 5.74) is 8.59. The number of nitrogens with two attached hydrogens (primary N) is 1. The smallest absolute Gasteiger partial charge is 0.146 e. The Kier molecular flexibility index (Phi) is 2.04. The Morgan fingerprint density at radius 2 is 1.94 bits per heavy atom. The first-order valence-corrected chi connectivity index (χ1v) is 5.27. The molecule has 2 aromatic heterocycles. The van der Waals surface area contributed by atoms with Crippen LogP contribution < -0.4 is 5.73 Å². The summed E-state index contributed by atoms with van der Waals surface area (Å²) in [6.45, 7) is 1.90. The lowest BCUT2D eigenvalue weighted by molar-refractivity contribution is 0.977. The summed E-state index contributed by atoms with van der Waals surface area (Å²) in [6, 6.07) is 7.90. The maximum absolute atomic E-state index is 5.79. The van der Waals surface area contributed by atoms with E-state index >= 15 is 0 Å². The van der Waals surface area contributed by atoms with E-state index in [0.717, 1.165) is 22.4 Å². The fourth-order valence-electron chi connectivity index (χ4n) is 1.82. The van der Waals surface area contributed by atoms with Gasteiger partial charge in [-0.3, -0.25) is 4.57 Å². The molecule has 0 radical (unpaired) electrons. The maximum Gasteiger partial charge on any atom is 0.146 e. The summed E-state index contributed by atoms with van der Waals surface area (Å²) >= 11 is 0. The van der Waals surface area contributed by atoms with Gasteiger partial charge >= 0.3 is 0 Å². The van der Waals surface area contributed by atoms with Crippen LogP contribution in [0.1, 0.15) is 5.56 Å². The topological polar surface area (TPSA) is 69.6 Å². The molecule has 0 unspecified atom stereocenters. The Morgan fingerprint density at radius 1 is 1.12 bits per heavy atom. The average Bonchev–Trinajstić information content (AvgIpc) is 2.77. The molecular formula is C12H11N5. The molecule has 0 aliphatic carbocycles. The van der Waals surface area contributed by atoms with Crippen molar-refractivity contribution in [2.75, 3.05) is 5.73 Å². The molecule has 1 aromatic carbocycles. The molecule has 2 N–H and O–H groups in total. The van der Waals surface area contributed by atoms with Crippen LogP contribution in [0.15, 0.2) is 36.9 Å². The van der Waals surface area contributed by atoms with Gasteiger partial charge in [0, 0.05) is 5.56 Å². The first-order chi connectivity index (χ1) is 8.27. The predicted octanol–water partition coefficient (Wildman–Crippen LogP) is 1.71. The van der Waals surface area contributed by atoms with E-state index in [9.17, 15) is 0 Å². The summed E-state index contributed by atoms with van der Waals surface area (Å²) in [7, 11) is 0. The second-order valence-corrected chi connectivity index (χ2v) is 3.81. The van der Waals surface area contributed by atoms with Gasteiger partial charge in [-0.15, -0.1) is 0 Å². The van der Waals surface area contributed by atoms with E-state index < -0.39 is 0 Å². The Hall–Kier alpha value is -2.43. The van der Waals surface area contributed by atoms with Crippen molar-refractivity contribution in [3.8, 4) is 5.82 Å². The minimum absolute atomic E-state index is 0.493. The SMILES string of the molecule is Cc1c(N)ncnc1-n1cnc2ccccc21. The highest BCUT2D eigenvalue weighted by Gasteiger charge is 2.09. The van der Waals surface area contributed by atoms with Gasteiger partial charge in [-0.25, -0.2) is 15.0 Å². The number of nitrogens with zero attached hydrogens (tertiary/aromatic N) is 4. The summed E-state index contributed by atoms with van der Waals surface area (Å²) in [6.07, 6.45) is 3.21. The van der Waals surface area contributed by atoms with E-state index in [1.165, 1.54) is 6.33 Å². The summed E-state index contributed by atoms with van der Waals surface area (Å²) in [4.78, 5) is 12.6. The number of imidazole rings is 1. The Bertz CT molecular complexity index is 686. The zero-order valence-corrected chi connectivity index (χ0v) is 9.33. The molecule has 17 heavy (non-hydrogen) atoms. The second-order valence-electron chi connectivity index (χ2n) is 3.81. The Balaban J connectivity index is 2.31. The van der Waals surface area contributed by atoms with Crippen molar-refractivity contribution in [3.63, 3.8) is 0 Å². The molecule has 5 heteroatoms. The fraction of sp³-hybridized carbons (Fsp3) is 0.0833. The van der Waals surface area contributed by atoms with Crippen molar-refractivity contribution in [3.05, 3.63) is 42.5 Å². The minimum Gasteiger partial charge on any atom is -0.383 e. The minimum atomic E-state index is 0.493. The van der Waals surface area contributed by atoms with Gasteiger partial charge in [-0.05, 0) is 19.1 Å². The standard InChI is InChI=1S/C12H11N5/c1-8-11(13)14-6-15-12(8)17-7-16-9-4-2-3-5-10(9)17/h2-7H,1H3,(H2,13,14,15). The monoisotopic (exact) mass is 225 g/mol. The van der Waals surface area contributed by atoms with E-state index in [2.05, 4.69) is 15.0 Å². The van der Waals surface area contributed by atoms with E-state index in [1.807, 2.05) is 35.8 Å². The van der Waals surface area contributed by atoms with Crippen molar-refractivity contribution in [2.45, 2.75) is 6.92 Å². The number of anilines is 1. The van der Waals surface area contributed by atoms with Gasteiger partial charge in [-0.2, -0.15) is 0 Å². The molecule has 3 rings (SSSR count). The largest absolute Gasteiger partial charge is 0.383 e. The van der Waals surface area contributed by atoms with Crippen LogP contribution in [0, 0.1) is 6.92 Å². The van der Waals surface area contributed by atoms with Crippen molar-refractivity contribution < 1.29 is 0 Å². The van der Waals surface area contributed by atoms with Gasteiger partial charge in [0.1, 0.15) is 24.3 Å². The van der Waals surface area contributed by atoms with Gasteiger partial charge < -0.3 is 5.73 Å². The number of benzene rings is 1. The van der Waals surface area contributed by atoms with Gasteiger partial charge in [0.05, 0.1) is 11.0 Å². The number of nitrogen functional groups attached to an aromatic ring is 1. The van der Waals surface area contributed by atoms with Gasteiger partial charge in [0.25, 0.3) is 0 Å². The zero-order valence-electron chi connectivity index (χ0n) is 9.33. The molecule has 0 amide bonds. The Labute approximate surface area is 98.0 Å². The third-order valence-corrected chi connectivity index (χ3v) is 2.78. The third kappa shape index (κ3) is 1.44. The average molecular weight is 225 g/mol. The fourth-order valence-corrected chi connectivity index (χ4v) is 1.82. The molecule has 0 fully saturated rings. The Morgan fingerprint density at radius 3 is 2.82 bits per heavy atom. The number of rotatable bonds is 1. The van der Waals surface area contributed by atoms with Crippen LogP contribution in [0.2, 0.25) is 0 Å². The molecule has 0 saturated heterocycles. The van der Waals surface area contributed by atoms with Gasteiger partial charge in [-0.1, -0.05) is 12.1 Å². The van der Waals surface area contributed by atoms with Crippen LogP contribution in [-0.4, -0.2) is 19.5 Å². The van der Waals surface area contributed by atoms with Gasteiger partial charge in [0.15, 0.2) is 0 Å². The second kappa shape index (κ2) is 3.55.